The fraction of sp³-hybridized carbons (Fsp3) is 0.333. The first-order valence-corrected chi connectivity index (χ1v) is 8.82. The normalized spacial score (nSPS) is 17.4. The number of H-pyrrole nitrogens is 1. The molecule has 2 aromatic heterocycles. The van der Waals surface area contributed by atoms with Gasteiger partial charge in [0.15, 0.2) is 5.65 Å². The Balaban J connectivity index is 1.46. The van der Waals surface area contributed by atoms with Crippen molar-refractivity contribution in [3.8, 4) is 0 Å². The minimum Gasteiger partial charge on any atom is -0.261 e. The number of aryl methyl sites for hydroxylation is 3. The predicted octanol–water partition coefficient (Wildman–Crippen LogP) is 3.73. The summed E-state index contributed by atoms with van der Waals surface area (Å²) in [5.41, 5.74) is 6.36. The zero-order chi connectivity index (χ0) is 15.8. The molecule has 0 bridgehead atoms. The lowest BCUT2D eigenvalue weighted by atomic mass is 9.88. The average molecular weight is 324 g/mol. The van der Waals surface area contributed by atoms with Gasteiger partial charge in [-0.15, -0.1) is 0 Å². The van der Waals surface area contributed by atoms with Crippen molar-refractivity contribution in [3.63, 3.8) is 0 Å². The summed E-state index contributed by atoms with van der Waals surface area (Å²) in [6.07, 6.45) is 7.17. The highest BCUT2D eigenvalue weighted by atomic mass is 32.2. The fourth-order valence-electron chi connectivity index (χ4n) is 3.18. The fourth-order valence-corrected chi connectivity index (χ4v) is 4.05. The molecular weight excluding hydrogens is 304 g/mol. The van der Waals surface area contributed by atoms with Crippen molar-refractivity contribution in [1.82, 2.24) is 19.9 Å². The summed E-state index contributed by atoms with van der Waals surface area (Å²) in [6.45, 7) is 4.32. The maximum absolute atomic E-state index is 4.48. The van der Waals surface area contributed by atoms with Gasteiger partial charge in [0.05, 0.1) is 6.20 Å². The van der Waals surface area contributed by atoms with Gasteiger partial charge in [-0.25, -0.2) is 4.98 Å². The van der Waals surface area contributed by atoms with E-state index in [0.29, 0.717) is 6.04 Å². The molecule has 0 saturated carbocycles. The van der Waals surface area contributed by atoms with E-state index in [0.717, 1.165) is 24.9 Å². The zero-order valence-corrected chi connectivity index (χ0v) is 14.2. The molecule has 2 N–H and O–H groups in total. The monoisotopic (exact) mass is 324 g/mol. The Labute approximate surface area is 140 Å². The molecule has 118 valence electrons. The topological polar surface area (TPSA) is 53.6 Å². The molecule has 1 unspecified atom stereocenters. The van der Waals surface area contributed by atoms with Crippen molar-refractivity contribution in [1.29, 1.82) is 0 Å². The molecule has 0 spiro atoms. The SMILES string of the molecule is Cc1ccc(SNC2CCc3c(cnc4[nH]ncc34)C2)cc1C. The third kappa shape index (κ3) is 2.86. The predicted molar refractivity (Wildman–Crippen MR) is 94.6 cm³/mol. The minimum atomic E-state index is 0.486. The number of benzene rings is 1. The first kappa shape index (κ1) is 14.7. The Morgan fingerprint density at radius 1 is 1.22 bits per heavy atom. The lowest BCUT2D eigenvalue weighted by Crippen LogP contribution is -2.30. The molecule has 0 saturated heterocycles. The number of pyridine rings is 1. The number of hydrogen-bond acceptors (Lipinski definition) is 4. The molecule has 0 amide bonds. The third-order valence-corrected chi connectivity index (χ3v) is 5.65. The van der Waals surface area contributed by atoms with E-state index in [-0.39, 0.29) is 0 Å². The summed E-state index contributed by atoms with van der Waals surface area (Å²) in [5, 5.41) is 8.25. The lowest BCUT2D eigenvalue weighted by Gasteiger charge is -2.25. The van der Waals surface area contributed by atoms with Gasteiger partial charge in [0.1, 0.15) is 0 Å². The smallest absolute Gasteiger partial charge is 0.155 e. The van der Waals surface area contributed by atoms with Crippen LogP contribution in [0.1, 0.15) is 28.7 Å². The van der Waals surface area contributed by atoms with Crippen LogP contribution in [0.25, 0.3) is 11.0 Å². The molecule has 5 heteroatoms. The number of aromatic nitrogens is 3. The molecule has 4 nitrogen and oxygen atoms in total. The largest absolute Gasteiger partial charge is 0.261 e. The van der Waals surface area contributed by atoms with E-state index in [1.54, 1.807) is 11.9 Å². The van der Waals surface area contributed by atoms with E-state index < -0.39 is 0 Å². The number of aromatic amines is 1. The maximum Gasteiger partial charge on any atom is 0.155 e. The van der Waals surface area contributed by atoms with Crippen molar-refractivity contribution in [3.05, 3.63) is 52.8 Å². The number of hydrogen-bond donors (Lipinski definition) is 2. The molecule has 2 heterocycles. The number of nitrogens with zero attached hydrogens (tertiary/aromatic N) is 2. The van der Waals surface area contributed by atoms with Crippen LogP contribution in [0.5, 0.6) is 0 Å². The van der Waals surface area contributed by atoms with E-state index >= 15 is 0 Å². The Morgan fingerprint density at radius 3 is 3.00 bits per heavy atom. The minimum absolute atomic E-state index is 0.486. The second-order valence-electron chi connectivity index (χ2n) is 6.30. The number of nitrogens with one attached hydrogen (secondary N) is 2. The molecule has 23 heavy (non-hydrogen) atoms. The molecule has 3 aromatic rings. The second-order valence-corrected chi connectivity index (χ2v) is 7.21. The van der Waals surface area contributed by atoms with Crippen LogP contribution in [-0.4, -0.2) is 21.2 Å². The summed E-state index contributed by atoms with van der Waals surface area (Å²) in [4.78, 5) is 5.76. The summed E-state index contributed by atoms with van der Waals surface area (Å²) < 4.78 is 3.63. The van der Waals surface area contributed by atoms with Gasteiger partial charge in [0.25, 0.3) is 0 Å². The highest BCUT2D eigenvalue weighted by Crippen LogP contribution is 2.28. The van der Waals surface area contributed by atoms with E-state index in [1.807, 2.05) is 12.4 Å². The average Bonchev–Trinajstić information content (AvgIpc) is 3.04. The van der Waals surface area contributed by atoms with Gasteiger partial charge < -0.3 is 0 Å². The van der Waals surface area contributed by atoms with E-state index in [1.165, 1.54) is 32.5 Å². The Morgan fingerprint density at radius 2 is 2.13 bits per heavy atom. The van der Waals surface area contributed by atoms with Gasteiger partial charge in [-0.05, 0) is 79.4 Å². The van der Waals surface area contributed by atoms with Crippen molar-refractivity contribution in [2.75, 3.05) is 0 Å². The molecule has 0 fully saturated rings. The van der Waals surface area contributed by atoms with E-state index in [4.69, 9.17) is 0 Å². The quantitative estimate of drug-likeness (QED) is 0.721. The molecule has 0 radical (unpaired) electrons. The summed E-state index contributed by atoms with van der Waals surface area (Å²) >= 11 is 1.74. The molecule has 1 aromatic carbocycles. The number of fused-ring (bicyclic) bond motifs is 3. The molecule has 1 aliphatic carbocycles. The van der Waals surface area contributed by atoms with E-state index in [9.17, 15) is 0 Å². The first-order chi connectivity index (χ1) is 11.2. The van der Waals surface area contributed by atoms with Crippen LogP contribution in [0.15, 0.2) is 35.5 Å². The summed E-state index contributed by atoms with van der Waals surface area (Å²) in [7, 11) is 0. The van der Waals surface area contributed by atoms with Gasteiger partial charge in [-0.3, -0.25) is 9.82 Å². The van der Waals surface area contributed by atoms with Crippen LogP contribution in [0.3, 0.4) is 0 Å². The highest BCUT2D eigenvalue weighted by Gasteiger charge is 2.21. The standard InChI is InChI=1S/C18H20N4S/c1-11-3-5-15(7-12(11)2)23-22-14-4-6-16-13(8-14)9-19-18-17(16)10-20-21-18/h3,5,7,9-10,14,22H,4,6,8H2,1-2H3,(H,19,20,21). The van der Waals surface area contributed by atoms with Crippen LogP contribution >= 0.6 is 11.9 Å². The Bertz CT molecular complexity index is 855. The highest BCUT2D eigenvalue weighted by molar-refractivity contribution is 7.97. The summed E-state index contributed by atoms with van der Waals surface area (Å²) in [5.74, 6) is 0. The van der Waals surface area contributed by atoms with Gasteiger partial charge in [-0.1, -0.05) is 6.07 Å². The van der Waals surface area contributed by atoms with Crippen molar-refractivity contribution >= 4 is 23.0 Å². The molecular formula is C18H20N4S. The van der Waals surface area contributed by atoms with Crippen LogP contribution in [-0.2, 0) is 12.8 Å². The summed E-state index contributed by atoms with van der Waals surface area (Å²) in [6, 6.07) is 7.11. The molecule has 1 aliphatic rings. The van der Waals surface area contributed by atoms with Gasteiger partial charge in [0.2, 0.25) is 0 Å². The lowest BCUT2D eigenvalue weighted by molar-refractivity contribution is 0.547. The molecule has 1 atom stereocenters. The van der Waals surface area contributed by atoms with Crippen molar-refractivity contribution in [2.24, 2.45) is 0 Å². The van der Waals surface area contributed by atoms with Crippen molar-refractivity contribution in [2.45, 2.75) is 44.0 Å². The number of rotatable bonds is 3. The van der Waals surface area contributed by atoms with Gasteiger partial charge >= 0.3 is 0 Å². The van der Waals surface area contributed by atoms with Gasteiger partial charge in [-0.2, -0.15) is 5.10 Å². The maximum atomic E-state index is 4.48. The van der Waals surface area contributed by atoms with Gasteiger partial charge in [0, 0.05) is 22.5 Å². The van der Waals surface area contributed by atoms with Crippen LogP contribution in [0.4, 0.5) is 0 Å². The second kappa shape index (κ2) is 5.98. The van der Waals surface area contributed by atoms with Crippen LogP contribution in [0.2, 0.25) is 0 Å². The molecule has 4 rings (SSSR count). The zero-order valence-electron chi connectivity index (χ0n) is 13.4. The van der Waals surface area contributed by atoms with E-state index in [2.05, 4.69) is 52.0 Å². The Kier molecular flexibility index (Phi) is 3.83. The van der Waals surface area contributed by atoms with Crippen LogP contribution < -0.4 is 4.72 Å². The van der Waals surface area contributed by atoms with Crippen LogP contribution in [0, 0.1) is 13.8 Å². The van der Waals surface area contributed by atoms with Crippen molar-refractivity contribution < 1.29 is 0 Å². The first-order valence-electron chi connectivity index (χ1n) is 8.00. The third-order valence-electron chi connectivity index (χ3n) is 4.71. The Hall–Kier alpha value is -1.85. The molecule has 0 aliphatic heterocycles.